The van der Waals surface area contributed by atoms with E-state index < -0.39 is 5.60 Å². The van der Waals surface area contributed by atoms with Crippen molar-refractivity contribution in [3.63, 3.8) is 0 Å². The van der Waals surface area contributed by atoms with E-state index in [0.717, 1.165) is 56.4 Å². The second-order valence-corrected chi connectivity index (χ2v) is 12.9. The molecule has 0 saturated carbocycles. The van der Waals surface area contributed by atoms with Crippen molar-refractivity contribution in [3.8, 4) is 16.9 Å². The SMILES string of the molecule is Cc1nc2ccc(-c3ccc4c(c3)CN(c3nc(NC5CN(C(=O)OC(C)(C)C)C5)nc(C)c3C(C)C)CCO4)cc2[nH]1. The van der Waals surface area contributed by atoms with Gasteiger partial charge in [0.25, 0.3) is 0 Å². The molecule has 0 spiro atoms. The summed E-state index contributed by atoms with van der Waals surface area (Å²) in [5, 5.41) is 3.46. The molecule has 2 aliphatic rings. The molecule has 4 heterocycles. The lowest BCUT2D eigenvalue weighted by atomic mass is 10.00. The van der Waals surface area contributed by atoms with E-state index in [1.54, 1.807) is 4.90 Å². The third-order valence-electron chi connectivity index (χ3n) is 7.83. The number of hydrogen-bond acceptors (Lipinski definition) is 8. The van der Waals surface area contributed by atoms with Crippen molar-refractivity contribution in [3.05, 3.63) is 59.0 Å². The first-order valence-corrected chi connectivity index (χ1v) is 15.0. The second-order valence-electron chi connectivity index (χ2n) is 12.9. The third-order valence-corrected chi connectivity index (χ3v) is 7.83. The molecule has 0 radical (unpaired) electrons. The Hall–Kier alpha value is -4.34. The first-order valence-electron chi connectivity index (χ1n) is 15.0. The first kappa shape index (κ1) is 28.8. The van der Waals surface area contributed by atoms with Gasteiger partial charge in [-0.2, -0.15) is 4.98 Å². The number of aryl methyl sites for hydroxylation is 2. The Morgan fingerprint density at radius 3 is 2.56 bits per heavy atom. The molecule has 0 atom stereocenters. The number of carbonyl (C=O) groups is 1. The molecule has 1 fully saturated rings. The summed E-state index contributed by atoms with van der Waals surface area (Å²) in [5.74, 6) is 3.55. The monoisotopic (exact) mass is 583 g/mol. The van der Waals surface area contributed by atoms with Gasteiger partial charge in [-0.15, -0.1) is 0 Å². The van der Waals surface area contributed by atoms with E-state index >= 15 is 0 Å². The molecule has 0 aliphatic carbocycles. The van der Waals surface area contributed by atoms with Crippen molar-refractivity contribution < 1.29 is 14.3 Å². The minimum absolute atomic E-state index is 0.0661. The van der Waals surface area contributed by atoms with Gasteiger partial charge in [-0.3, -0.25) is 0 Å². The van der Waals surface area contributed by atoms with Crippen LogP contribution in [-0.2, 0) is 11.3 Å². The average molecular weight is 584 g/mol. The van der Waals surface area contributed by atoms with Gasteiger partial charge < -0.3 is 29.6 Å². The number of likely N-dealkylation sites (tertiary alicyclic amines) is 1. The lowest BCUT2D eigenvalue weighted by Crippen LogP contribution is -2.58. The van der Waals surface area contributed by atoms with E-state index in [-0.39, 0.29) is 18.1 Å². The maximum atomic E-state index is 12.4. The normalized spacial score (nSPS) is 15.6. The Morgan fingerprint density at radius 1 is 1.07 bits per heavy atom. The van der Waals surface area contributed by atoms with Crippen molar-refractivity contribution >= 4 is 28.9 Å². The van der Waals surface area contributed by atoms with E-state index in [2.05, 4.69) is 70.4 Å². The number of ether oxygens (including phenoxy) is 2. The van der Waals surface area contributed by atoms with Gasteiger partial charge in [0.05, 0.1) is 23.6 Å². The smallest absolute Gasteiger partial charge is 0.410 e. The molecule has 43 heavy (non-hydrogen) atoms. The van der Waals surface area contributed by atoms with Crippen LogP contribution in [0.3, 0.4) is 0 Å². The summed E-state index contributed by atoms with van der Waals surface area (Å²) in [7, 11) is 0. The summed E-state index contributed by atoms with van der Waals surface area (Å²) in [6, 6.07) is 12.8. The van der Waals surface area contributed by atoms with Crippen molar-refractivity contribution in [2.75, 3.05) is 36.5 Å². The first-order chi connectivity index (χ1) is 20.4. The number of hydrogen-bond donors (Lipinski definition) is 2. The highest BCUT2D eigenvalue weighted by Crippen LogP contribution is 2.35. The Morgan fingerprint density at radius 2 is 1.81 bits per heavy atom. The van der Waals surface area contributed by atoms with Crippen LogP contribution < -0.4 is 15.0 Å². The van der Waals surface area contributed by atoms with E-state index in [4.69, 9.17) is 19.4 Å². The van der Waals surface area contributed by atoms with Crippen LogP contribution in [0.1, 0.15) is 63.2 Å². The standard InChI is InChI=1S/C33H41N7O3/c1-19(2)29-20(3)34-31(37-25-17-40(18-25)32(41)43-33(5,6)7)38-30(29)39-12-13-42-28-11-9-22(14-24(28)16-39)23-8-10-26-27(15-23)36-21(4)35-26/h8-11,14-15,19,25H,12-13,16-18H2,1-7H3,(H,35,36)(H,34,37,38). The molecule has 0 unspecified atom stereocenters. The van der Waals surface area contributed by atoms with E-state index in [1.807, 2.05) is 34.6 Å². The molecule has 10 nitrogen and oxygen atoms in total. The molecule has 1 amide bonds. The minimum Gasteiger partial charge on any atom is -0.491 e. The number of rotatable bonds is 5. The Bertz CT molecular complexity index is 1670. The summed E-state index contributed by atoms with van der Waals surface area (Å²) < 4.78 is 11.7. The quantitative estimate of drug-likeness (QED) is 0.286. The predicted octanol–water partition coefficient (Wildman–Crippen LogP) is 6.19. The number of fused-ring (bicyclic) bond motifs is 2. The van der Waals surface area contributed by atoms with Gasteiger partial charge in [-0.05, 0) is 75.9 Å². The number of nitrogens with one attached hydrogen (secondary N) is 2. The van der Waals surface area contributed by atoms with Crippen LogP contribution in [-0.4, -0.2) is 68.8 Å². The minimum atomic E-state index is -0.514. The molecule has 10 heteroatoms. The summed E-state index contributed by atoms with van der Waals surface area (Å²) in [5.41, 5.74) is 6.94. The number of aromatic amines is 1. The molecule has 4 aromatic rings. The van der Waals surface area contributed by atoms with Crippen LogP contribution in [0.5, 0.6) is 5.75 Å². The summed E-state index contributed by atoms with van der Waals surface area (Å²) in [4.78, 5) is 34.2. The number of anilines is 2. The predicted molar refractivity (Wildman–Crippen MR) is 169 cm³/mol. The number of carbonyl (C=O) groups excluding carboxylic acids is 1. The van der Waals surface area contributed by atoms with Gasteiger partial charge in [0.15, 0.2) is 0 Å². The van der Waals surface area contributed by atoms with E-state index in [9.17, 15) is 4.79 Å². The summed E-state index contributed by atoms with van der Waals surface area (Å²) in [6.07, 6.45) is -0.291. The van der Waals surface area contributed by atoms with Gasteiger partial charge >= 0.3 is 6.09 Å². The van der Waals surface area contributed by atoms with Crippen LogP contribution in [0.4, 0.5) is 16.6 Å². The maximum Gasteiger partial charge on any atom is 0.410 e. The van der Waals surface area contributed by atoms with Crippen molar-refractivity contribution in [1.82, 2.24) is 24.8 Å². The largest absolute Gasteiger partial charge is 0.491 e. The molecule has 2 aromatic carbocycles. The summed E-state index contributed by atoms with van der Waals surface area (Å²) in [6.45, 7) is 17.0. The van der Waals surface area contributed by atoms with Gasteiger partial charge in [-0.1, -0.05) is 26.0 Å². The number of H-pyrrole nitrogens is 1. The van der Waals surface area contributed by atoms with Crippen LogP contribution in [0, 0.1) is 13.8 Å². The highest BCUT2D eigenvalue weighted by Gasteiger charge is 2.34. The van der Waals surface area contributed by atoms with Crippen LogP contribution in [0.25, 0.3) is 22.2 Å². The lowest BCUT2D eigenvalue weighted by Gasteiger charge is -2.40. The molecular weight excluding hydrogens is 542 g/mol. The molecule has 1 saturated heterocycles. The molecule has 2 N–H and O–H groups in total. The van der Waals surface area contributed by atoms with Gasteiger partial charge in [0.2, 0.25) is 5.95 Å². The Balaban J connectivity index is 1.25. The van der Waals surface area contributed by atoms with Crippen LogP contribution in [0.15, 0.2) is 36.4 Å². The Labute approximate surface area is 252 Å². The topological polar surface area (TPSA) is 108 Å². The fourth-order valence-corrected chi connectivity index (χ4v) is 5.85. The summed E-state index contributed by atoms with van der Waals surface area (Å²) >= 11 is 0. The number of aromatic nitrogens is 4. The van der Waals surface area contributed by atoms with E-state index in [1.165, 1.54) is 0 Å². The fraction of sp³-hybridized carbons (Fsp3) is 0.455. The number of benzene rings is 2. The Kier molecular flexibility index (Phi) is 7.40. The van der Waals surface area contributed by atoms with E-state index in [0.29, 0.717) is 38.7 Å². The fourth-order valence-electron chi connectivity index (χ4n) is 5.85. The van der Waals surface area contributed by atoms with Crippen molar-refractivity contribution in [2.24, 2.45) is 0 Å². The van der Waals surface area contributed by atoms with Crippen LogP contribution in [0.2, 0.25) is 0 Å². The van der Waals surface area contributed by atoms with Gasteiger partial charge in [-0.25, -0.2) is 14.8 Å². The van der Waals surface area contributed by atoms with Gasteiger partial charge in [0, 0.05) is 36.5 Å². The zero-order valence-electron chi connectivity index (χ0n) is 26.1. The molecular formula is C33H41N7O3. The average Bonchev–Trinajstić information content (AvgIpc) is 3.14. The molecule has 226 valence electrons. The third kappa shape index (κ3) is 6.09. The molecule has 0 bridgehead atoms. The molecule has 6 rings (SSSR count). The van der Waals surface area contributed by atoms with Crippen molar-refractivity contribution in [2.45, 2.75) is 72.6 Å². The number of amides is 1. The zero-order chi connectivity index (χ0) is 30.5. The molecule has 2 aromatic heterocycles. The highest BCUT2D eigenvalue weighted by molar-refractivity contribution is 5.82. The lowest BCUT2D eigenvalue weighted by molar-refractivity contribution is 0.0104. The van der Waals surface area contributed by atoms with Gasteiger partial charge in [0.1, 0.15) is 29.6 Å². The number of nitrogens with zero attached hydrogens (tertiary/aromatic N) is 5. The highest BCUT2D eigenvalue weighted by atomic mass is 16.6. The zero-order valence-corrected chi connectivity index (χ0v) is 26.1. The number of imidazole rings is 1. The van der Waals surface area contributed by atoms with Crippen LogP contribution >= 0.6 is 0 Å². The molecule has 2 aliphatic heterocycles. The maximum absolute atomic E-state index is 12.4. The second kappa shape index (κ2) is 11.1. The van der Waals surface area contributed by atoms with Crippen molar-refractivity contribution in [1.29, 1.82) is 0 Å².